The summed E-state index contributed by atoms with van der Waals surface area (Å²) in [7, 11) is 1.34. The topological polar surface area (TPSA) is 46.0 Å². The summed E-state index contributed by atoms with van der Waals surface area (Å²) < 4.78 is 0. The Morgan fingerprint density at radius 2 is 2.09 bits per heavy atom. The zero-order valence-electron chi connectivity index (χ0n) is 5.73. The van der Waals surface area contributed by atoms with Crippen LogP contribution in [0.5, 0.6) is 5.64 Å². The quantitative estimate of drug-likeness (QED) is 0.590. The number of aromatic hydroxyl groups is 1. The Labute approximate surface area is 63.9 Å². The number of rotatable bonds is 0. The van der Waals surface area contributed by atoms with Gasteiger partial charge in [0.1, 0.15) is 0 Å². The number of nitrogens with zero attached hydrogens (tertiary/aromatic N) is 2. The van der Waals surface area contributed by atoms with Crippen LogP contribution in [0.2, 0.25) is 0 Å². The average molecular weight is 144 g/mol. The molecule has 1 aromatic carbocycles. The molecule has 0 amide bonds. The van der Waals surface area contributed by atoms with Gasteiger partial charge in [-0.3, -0.25) is 0 Å². The van der Waals surface area contributed by atoms with Crippen LogP contribution < -0.4 is 0 Å². The minimum absolute atomic E-state index is 0.176. The predicted molar refractivity (Wildman–Crippen MR) is 42.5 cm³/mol. The molecule has 0 atom stereocenters. The van der Waals surface area contributed by atoms with Gasteiger partial charge in [-0.15, -0.1) is 0 Å². The van der Waals surface area contributed by atoms with E-state index in [0.29, 0.717) is 5.52 Å². The molecule has 0 aliphatic heterocycles. The van der Waals surface area contributed by atoms with Crippen molar-refractivity contribution in [1.29, 1.82) is 0 Å². The zero-order chi connectivity index (χ0) is 7.68. The SMILES string of the molecule is Oc1bnnc2ccccc12. The molecule has 3 nitrogen and oxygen atoms in total. The van der Waals surface area contributed by atoms with Gasteiger partial charge in [0, 0.05) is 0 Å². The van der Waals surface area contributed by atoms with E-state index in [9.17, 15) is 5.11 Å². The van der Waals surface area contributed by atoms with Crippen LogP contribution in [0.1, 0.15) is 0 Å². The molecule has 2 aromatic rings. The molecule has 1 aromatic heterocycles. The van der Waals surface area contributed by atoms with Gasteiger partial charge in [-0.05, 0) is 0 Å². The molecule has 0 radical (unpaired) electrons. The Hall–Kier alpha value is -1.45. The number of fused-ring (bicyclic) bond motifs is 1. The predicted octanol–water partition coefficient (Wildman–Crippen LogP) is 0.673. The van der Waals surface area contributed by atoms with Crippen LogP contribution in [-0.2, 0) is 0 Å². The molecule has 1 N–H and O–H groups in total. The van der Waals surface area contributed by atoms with Crippen molar-refractivity contribution in [3.05, 3.63) is 24.3 Å². The van der Waals surface area contributed by atoms with Gasteiger partial charge in [-0.1, -0.05) is 0 Å². The van der Waals surface area contributed by atoms with Crippen LogP contribution in [-0.4, -0.2) is 22.3 Å². The van der Waals surface area contributed by atoms with Crippen molar-refractivity contribution < 1.29 is 5.11 Å². The van der Waals surface area contributed by atoms with Gasteiger partial charge in [0.15, 0.2) is 0 Å². The van der Waals surface area contributed by atoms with Gasteiger partial charge in [0.2, 0.25) is 0 Å². The second kappa shape index (κ2) is 2.30. The van der Waals surface area contributed by atoms with E-state index in [1.54, 1.807) is 6.07 Å². The first-order valence-electron chi connectivity index (χ1n) is 3.27. The Bertz CT molecular complexity index is 386. The number of hydrogen-bond acceptors (Lipinski definition) is 3. The van der Waals surface area contributed by atoms with Crippen molar-refractivity contribution in [2.75, 3.05) is 0 Å². The van der Waals surface area contributed by atoms with Crippen molar-refractivity contribution in [1.82, 2.24) is 10.1 Å². The molecule has 0 saturated heterocycles. The van der Waals surface area contributed by atoms with Crippen LogP contribution >= 0.6 is 0 Å². The minimum atomic E-state index is 0.176. The molecule has 0 saturated carbocycles. The fourth-order valence-corrected chi connectivity index (χ4v) is 0.993. The molecule has 0 bridgehead atoms. The van der Waals surface area contributed by atoms with Gasteiger partial charge < -0.3 is 0 Å². The van der Waals surface area contributed by atoms with E-state index in [-0.39, 0.29) is 5.64 Å². The van der Waals surface area contributed by atoms with Crippen LogP contribution in [0.25, 0.3) is 10.9 Å². The van der Waals surface area contributed by atoms with E-state index in [1.165, 1.54) is 7.05 Å². The third-order valence-electron chi connectivity index (χ3n) is 1.53. The molecule has 0 aliphatic rings. The standard InChI is InChI=1S/C7H5BN2O/c11-7-5-3-1-2-4-6(5)9-10-8-7/h1-4,11H. The van der Waals surface area contributed by atoms with Crippen molar-refractivity contribution in [3.63, 3.8) is 0 Å². The summed E-state index contributed by atoms with van der Waals surface area (Å²) >= 11 is 0. The number of benzene rings is 1. The molecule has 0 unspecified atom stereocenters. The maximum absolute atomic E-state index is 9.27. The van der Waals surface area contributed by atoms with E-state index in [1.807, 2.05) is 18.2 Å². The Morgan fingerprint density at radius 1 is 1.27 bits per heavy atom. The summed E-state index contributed by atoms with van der Waals surface area (Å²) in [4.78, 5) is 0. The van der Waals surface area contributed by atoms with Crippen LogP contribution in [0.3, 0.4) is 0 Å². The molecule has 4 heteroatoms. The van der Waals surface area contributed by atoms with Crippen LogP contribution in [0, 0.1) is 0 Å². The van der Waals surface area contributed by atoms with E-state index in [2.05, 4.69) is 10.1 Å². The fourth-order valence-electron chi connectivity index (χ4n) is 0.993. The van der Waals surface area contributed by atoms with Crippen LogP contribution in [0.15, 0.2) is 24.3 Å². The van der Waals surface area contributed by atoms with Gasteiger partial charge in [-0.2, -0.15) is 0 Å². The zero-order valence-corrected chi connectivity index (χ0v) is 5.73. The molecule has 0 aliphatic carbocycles. The van der Waals surface area contributed by atoms with Gasteiger partial charge in [-0.25, -0.2) is 0 Å². The first-order valence-corrected chi connectivity index (χ1v) is 3.27. The van der Waals surface area contributed by atoms with E-state index >= 15 is 0 Å². The molecule has 1 heterocycles. The molecule has 0 spiro atoms. The monoisotopic (exact) mass is 144 g/mol. The van der Waals surface area contributed by atoms with Crippen molar-refractivity contribution in [2.45, 2.75) is 0 Å². The molecular formula is C7H5BN2O. The summed E-state index contributed by atoms with van der Waals surface area (Å²) in [6.45, 7) is 0. The summed E-state index contributed by atoms with van der Waals surface area (Å²) in [6.07, 6.45) is 0. The van der Waals surface area contributed by atoms with Gasteiger partial charge in [0.25, 0.3) is 0 Å². The molecule has 0 fully saturated rings. The van der Waals surface area contributed by atoms with E-state index < -0.39 is 0 Å². The molecule has 2 rings (SSSR count). The third kappa shape index (κ3) is 0.961. The molecule has 11 heavy (non-hydrogen) atoms. The first-order chi connectivity index (χ1) is 5.38. The fraction of sp³-hybridized carbons (Fsp3) is 0. The Morgan fingerprint density at radius 3 is 2.91 bits per heavy atom. The van der Waals surface area contributed by atoms with Crippen molar-refractivity contribution >= 4 is 18.0 Å². The van der Waals surface area contributed by atoms with Crippen molar-refractivity contribution in [2.24, 2.45) is 0 Å². The third-order valence-corrected chi connectivity index (χ3v) is 1.53. The van der Waals surface area contributed by atoms with E-state index in [4.69, 9.17) is 0 Å². The first kappa shape index (κ1) is 6.28. The van der Waals surface area contributed by atoms with Gasteiger partial charge >= 0.3 is 63.1 Å². The summed E-state index contributed by atoms with van der Waals surface area (Å²) in [5.74, 6) is 0. The Balaban J connectivity index is 2.91. The molecule has 52 valence electrons. The average Bonchev–Trinajstić information content (AvgIpc) is 2.06. The normalized spacial score (nSPS) is 9.82. The summed E-state index contributed by atoms with van der Waals surface area (Å²) in [6, 6.07) is 7.32. The Kier molecular flexibility index (Phi) is 1.32. The maximum atomic E-state index is 9.27. The summed E-state index contributed by atoms with van der Waals surface area (Å²) in [5, 5.41) is 17.5. The second-order valence-corrected chi connectivity index (χ2v) is 2.25. The summed E-state index contributed by atoms with van der Waals surface area (Å²) in [5.41, 5.74) is 0.892. The second-order valence-electron chi connectivity index (χ2n) is 2.25. The number of hydrogen-bond donors (Lipinski definition) is 1. The van der Waals surface area contributed by atoms with Gasteiger partial charge in [0.05, 0.1) is 0 Å². The van der Waals surface area contributed by atoms with E-state index in [0.717, 1.165) is 5.39 Å². The van der Waals surface area contributed by atoms with Crippen LogP contribution in [0.4, 0.5) is 0 Å². The number of aromatic nitrogens is 2. The van der Waals surface area contributed by atoms with Crippen molar-refractivity contribution in [3.8, 4) is 5.64 Å². The molecular weight excluding hydrogens is 139 g/mol.